The van der Waals surface area contributed by atoms with Crippen LogP contribution >= 0.6 is 0 Å². The van der Waals surface area contributed by atoms with E-state index in [0.29, 0.717) is 24.8 Å². The van der Waals surface area contributed by atoms with Gasteiger partial charge in [-0.05, 0) is 55.2 Å². The number of rotatable bonds is 4. The van der Waals surface area contributed by atoms with Crippen LogP contribution in [-0.4, -0.2) is 15.3 Å². The number of aryl methyl sites for hydroxylation is 3. The molecule has 0 bridgehead atoms. The van der Waals surface area contributed by atoms with Gasteiger partial charge in [-0.1, -0.05) is 12.1 Å². The van der Waals surface area contributed by atoms with Gasteiger partial charge in [-0.15, -0.1) is 0 Å². The summed E-state index contributed by atoms with van der Waals surface area (Å²) in [5.41, 5.74) is 5.74. The maximum Gasteiger partial charge on any atom is 0.253 e. The zero-order valence-electron chi connectivity index (χ0n) is 16.9. The molecule has 3 aromatic rings. The second kappa shape index (κ2) is 7.66. The molecule has 0 saturated heterocycles. The van der Waals surface area contributed by atoms with Crippen molar-refractivity contribution < 1.29 is 9.53 Å². The molecule has 5 heteroatoms. The lowest BCUT2D eigenvalue weighted by atomic mass is 9.87. The molecule has 0 aliphatic heterocycles. The minimum absolute atomic E-state index is 0.000944. The summed E-state index contributed by atoms with van der Waals surface area (Å²) in [6.07, 6.45) is 6.85. The van der Waals surface area contributed by atoms with Crippen LogP contribution < -0.4 is 10.3 Å². The number of hydrogen-bond donors (Lipinski definition) is 0. The topological polar surface area (TPSA) is 61.2 Å². The minimum atomic E-state index is -0.193. The van der Waals surface area contributed by atoms with Gasteiger partial charge in [0, 0.05) is 55.2 Å². The van der Waals surface area contributed by atoms with E-state index in [4.69, 9.17) is 4.74 Å². The molecule has 1 aliphatic carbocycles. The van der Waals surface area contributed by atoms with Crippen LogP contribution in [0.5, 0.6) is 5.75 Å². The van der Waals surface area contributed by atoms with E-state index in [1.165, 1.54) is 0 Å². The van der Waals surface area contributed by atoms with Gasteiger partial charge in [-0.25, -0.2) is 0 Å². The average molecular weight is 388 g/mol. The number of carbonyl (C=O) groups is 1. The molecule has 1 aliphatic rings. The molecule has 1 aromatic carbocycles. The number of ketones is 1. The molecule has 5 nitrogen and oxygen atoms in total. The quantitative estimate of drug-likeness (QED) is 0.679. The largest absolute Gasteiger partial charge is 0.486 e. The first-order valence-electron chi connectivity index (χ1n) is 9.84. The van der Waals surface area contributed by atoms with Gasteiger partial charge in [-0.2, -0.15) is 0 Å². The van der Waals surface area contributed by atoms with Crippen LogP contribution in [0.1, 0.15) is 41.7 Å². The highest BCUT2D eigenvalue weighted by atomic mass is 16.5. The van der Waals surface area contributed by atoms with Crippen molar-refractivity contribution in [3.8, 4) is 16.9 Å². The second-order valence-corrected chi connectivity index (χ2v) is 7.70. The number of benzene rings is 1. The standard InChI is InChI=1S/C24H24N2O3/c1-15-9-20(14-26(3)24(15)28)19-10-17-6-7-21(27)12-22(17)23(11-19)29-16(2)18-5-4-8-25-13-18/h4-5,8-11,13-14,16H,6-7,12H2,1-3H3. The van der Waals surface area contributed by atoms with Crippen LogP contribution in [0.2, 0.25) is 0 Å². The summed E-state index contributed by atoms with van der Waals surface area (Å²) in [5, 5.41) is 0. The first-order chi connectivity index (χ1) is 13.9. The van der Waals surface area contributed by atoms with E-state index >= 15 is 0 Å². The maximum atomic E-state index is 12.1. The number of pyridine rings is 2. The van der Waals surface area contributed by atoms with Gasteiger partial charge in [0.15, 0.2) is 0 Å². The van der Waals surface area contributed by atoms with Crippen molar-refractivity contribution in [2.45, 2.75) is 39.2 Å². The van der Waals surface area contributed by atoms with Gasteiger partial charge in [0.05, 0.1) is 0 Å². The summed E-state index contributed by atoms with van der Waals surface area (Å²) >= 11 is 0. The number of nitrogens with zero attached hydrogens (tertiary/aromatic N) is 2. The summed E-state index contributed by atoms with van der Waals surface area (Å²) in [4.78, 5) is 28.4. The Morgan fingerprint density at radius 3 is 2.69 bits per heavy atom. The predicted molar refractivity (Wildman–Crippen MR) is 112 cm³/mol. The first-order valence-corrected chi connectivity index (χ1v) is 9.84. The highest BCUT2D eigenvalue weighted by molar-refractivity contribution is 5.85. The lowest BCUT2D eigenvalue weighted by Gasteiger charge is -2.23. The summed E-state index contributed by atoms with van der Waals surface area (Å²) in [5.74, 6) is 0.968. The molecular weight excluding hydrogens is 364 g/mol. The Morgan fingerprint density at radius 2 is 1.97 bits per heavy atom. The lowest BCUT2D eigenvalue weighted by molar-refractivity contribution is -0.118. The molecule has 0 radical (unpaired) electrons. The Labute approximate surface area is 170 Å². The fourth-order valence-electron chi connectivity index (χ4n) is 3.87. The first kappa shape index (κ1) is 19.1. The molecule has 1 unspecified atom stereocenters. The molecule has 0 amide bonds. The third-order valence-corrected chi connectivity index (χ3v) is 5.50. The van der Waals surface area contributed by atoms with Gasteiger partial charge in [0.1, 0.15) is 17.6 Å². The summed E-state index contributed by atoms with van der Waals surface area (Å²) in [6, 6.07) is 9.89. The normalized spacial score (nSPS) is 14.4. The number of ether oxygens (including phenoxy) is 1. The average Bonchev–Trinajstić information content (AvgIpc) is 2.72. The Bertz CT molecular complexity index is 1110. The van der Waals surface area contributed by atoms with Crippen LogP contribution in [0.3, 0.4) is 0 Å². The smallest absolute Gasteiger partial charge is 0.253 e. The lowest BCUT2D eigenvalue weighted by Crippen LogP contribution is -2.19. The van der Waals surface area contributed by atoms with E-state index in [1.54, 1.807) is 24.0 Å². The summed E-state index contributed by atoms with van der Waals surface area (Å²) in [7, 11) is 1.76. The highest BCUT2D eigenvalue weighted by Crippen LogP contribution is 2.36. The van der Waals surface area contributed by atoms with Crippen molar-refractivity contribution in [3.63, 3.8) is 0 Å². The molecule has 0 N–H and O–H groups in total. The molecule has 0 saturated carbocycles. The Kier molecular flexibility index (Phi) is 5.05. The van der Waals surface area contributed by atoms with E-state index in [1.807, 2.05) is 44.3 Å². The molecule has 1 atom stereocenters. The molecule has 2 heterocycles. The summed E-state index contributed by atoms with van der Waals surface area (Å²) < 4.78 is 7.94. The van der Waals surface area contributed by atoms with E-state index in [0.717, 1.165) is 33.6 Å². The predicted octanol–water partition coefficient (Wildman–Crippen LogP) is 3.95. The molecule has 29 heavy (non-hydrogen) atoms. The van der Waals surface area contributed by atoms with Crippen molar-refractivity contribution in [1.82, 2.24) is 9.55 Å². The van der Waals surface area contributed by atoms with Crippen molar-refractivity contribution in [2.75, 3.05) is 0 Å². The maximum absolute atomic E-state index is 12.1. The minimum Gasteiger partial charge on any atom is -0.486 e. The Balaban J connectivity index is 1.80. The van der Waals surface area contributed by atoms with E-state index in [9.17, 15) is 9.59 Å². The van der Waals surface area contributed by atoms with E-state index in [2.05, 4.69) is 11.1 Å². The van der Waals surface area contributed by atoms with Crippen LogP contribution in [0.25, 0.3) is 11.1 Å². The van der Waals surface area contributed by atoms with Gasteiger partial charge in [-0.3, -0.25) is 14.6 Å². The van der Waals surface area contributed by atoms with Gasteiger partial charge >= 0.3 is 0 Å². The molecule has 4 rings (SSSR count). The van der Waals surface area contributed by atoms with Gasteiger partial charge in [0.25, 0.3) is 5.56 Å². The van der Waals surface area contributed by atoms with Crippen LogP contribution in [0, 0.1) is 6.92 Å². The monoisotopic (exact) mass is 388 g/mol. The van der Waals surface area contributed by atoms with Crippen molar-refractivity contribution in [3.05, 3.63) is 81.5 Å². The van der Waals surface area contributed by atoms with Gasteiger partial charge < -0.3 is 9.30 Å². The molecular formula is C24H24N2O3. The summed E-state index contributed by atoms with van der Waals surface area (Å²) in [6.45, 7) is 3.81. The fourth-order valence-corrected chi connectivity index (χ4v) is 3.87. The van der Waals surface area contributed by atoms with E-state index < -0.39 is 0 Å². The molecule has 0 spiro atoms. The number of hydrogen-bond acceptors (Lipinski definition) is 4. The second-order valence-electron chi connectivity index (χ2n) is 7.70. The zero-order chi connectivity index (χ0) is 20.5. The number of carbonyl (C=O) groups excluding carboxylic acids is 1. The highest BCUT2D eigenvalue weighted by Gasteiger charge is 2.22. The van der Waals surface area contributed by atoms with Crippen LogP contribution in [0.4, 0.5) is 0 Å². The molecule has 2 aromatic heterocycles. The van der Waals surface area contributed by atoms with Crippen LogP contribution in [0.15, 0.2) is 53.7 Å². The van der Waals surface area contributed by atoms with E-state index in [-0.39, 0.29) is 17.4 Å². The number of Topliss-reactive ketones (excluding diaryl/α,β-unsaturated/α-hetero) is 1. The van der Waals surface area contributed by atoms with Gasteiger partial charge in [0.2, 0.25) is 0 Å². The zero-order valence-corrected chi connectivity index (χ0v) is 16.9. The van der Waals surface area contributed by atoms with Crippen LogP contribution in [-0.2, 0) is 24.7 Å². The fraction of sp³-hybridized carbons (Fsp3) is 0.292. The Hall–Kier alpha value is -3.21. The number of fused-ring (bicyclic) bond motifs is 1. The SMILES string of the molecule is Cc1cc(-c2cc3c(c(OC(C)c4cccnc4)c2)CC(=O)CC3)cn(C)c1=O. The third-order valence-electron chi connectivity index (χ3n) is 5.50. The molecule has 0 fully saturated rings. The Morgan fingerprint density at radius 1 is 1.14 bits per heavy atom. The third kappa shape index (κ3) is 3.86. The van der Waals surface area contributed by atoms with Crippen molar-refractivity contribution >= 4 is 5.78 Å². The number of aromatic nitrogens is 2. The van der Waals surface area contributed by atoms with Crippen molar-refractivity contribution in [2.24, 2.45) is 7.05 Å². The molecule has 148 valence electrons. The van der Waals surface area contributed by atoms with Crippen molar-refractivity contribution in [1.29, 1.82) is 0 Å².